The van der Waals surface area contributed by atoms with Crippen LogP contribution < -0.4 is 10.1 Å². The molecular weight excluding hydrogens is 224 g/mol. The normalized spacial score (nSPS) is 17.8. The number of hydrogen-bond donors (Lipinski definition) is 1. The first-order valence-corrected chi connectivity index (χ1v) is 6.50. The molecule has 1 aliphatic carbocycles. The average molecular weight is 244 g/mol. The van der Waals surface area contributed by atoms with Crippen molar-refractivity contribution in [2.45, 2.75) is 44.7 Å². The maximum Gasteiger partial charge on any atom is 0.119 e. The van der Waals surface area contributed by atoms with Gasteiger partial charge < -0.3 is 4.74 Å². The van der Waals surface area contributed by atoms with Gasteiger partial charge in [-0.05, 0) is 44.4 Å². The first-order valence-electron chi connectivity index (χ1n) is 6.50. The fourth-order valence-corrected chi connectivity index (χ4v) is 1.92. The highest BCUT2D eigenvalue weighted by atomic mass is 16.5. The van der Waals surface area contributed by atoms with Crippen LogP contribution >= 0.6 is 0 Å². The van der Waals surface area contributed by atoms with Gasteiger partial charge in [-0.1, -0.05) is 12.1 Å². The number of nitrogens with one attached hydrogen (secondary N) is 1. The summed E-state index contributed by atoms with van der Waals surface area (Å²) in [6.45, 7) is 4.55. The van der Waals surface area contributed by atoms with Crippen molar-refractivity contribution in [1.82, 2.24) is 5.32 Å². The first-order chi connectivity index (χ1) is 8.61. The molecular formula is C15H20N2O. The Morgan fingerprint density at radius 2 is 2.28 bits per heavy atom. The summed E-state index contributed by atoms with van der Waals surface area (Å²) in [5, 5.41) is 12.6. The second-order valence-electron chi connectivity index (χ2n) is 5.28. The fourth-order valence-electron chi connectivity index (χ4n) is 1.92. The van der Waals surface area contributed by atoms with E-state index in [1.54, 1.807) is 0 Å². The molecule has 0 heterocycles. The molecule has 3 nitrogen and oxygen atoms in total. The van der Waals surface area contributed by atoms with Crippen molar-refractivity contribution in [2.75, 3.05) is 6.61 Å². The third-order valence-electron chi connectivity index (χ3n) is 3.21. The van der Waals surface area contributed by atoms with Crippen molar-refractivity contribution in [1.29, 1.82) is 5.26 Å². The van der Waals surface area contributed by atoms with E-state index in [0.29, 0.717) is 19.1 Å². The first kappa shape index (κ1) is 12.9. The molecule has 18 heavy (non-hydrogen) atoms. The minimum absolute atomic E-state index is 0.467. The van der Waals surface area contributed by atoms with Gasteiger partial charge >= 0.3 is 0 Å². The van der Waals surface area contributed by atoms with Crippen LogP contribution in [0.4, 0.5) is 0 Å². The van der Waals surface area contributed by atoms with Crippen molar-refractivity contribution in [3.63, 3.8) is 0 Å². The molecule has 1 N–H and O–H groups in total. The van der Waals surface area contributed by atoms with Crippen LogP contribution in [0.2, 0.25) is 0 Å². The minimum Gasteiger partial charge on any atom is -0.493 e. The Bertz CT molecular complexity index is 448. The van der Waals surface area contributed by atoms with Crippen molar-refractivity contribution in [3.05, 3.63) is 29.8 Å². The average Bonchev–Trinajstić information content (AvgIpc) is 3.13. The summed E-state index contributed by atoms with van der Waals surface area (Å²) in [4.78, 5) is 0. The number of rotatable bonds is 6. The molecule has 0 aliphatic heterocycles. The third-order valence-corrected chi connectivity index (χ3v) is 3.21. The maximum atomic E-state index is 9.24. The molecule has 0 saturated heterocycles. The molecule has 0 bridgehead atoms. The zero-order chi connectivity index (χ0) is 13.0. The van der Waals surface area contributed by atoms with E-state index in [1.807, 2.05) is 38.1 Å². The quantitative estimate of drug-likeness (QED) is 0.837. The van der Waals surface area contributed by atoms with Gasteiger partial charge in [0, 0.05) is 12.5 Å². The SMILES string of the molecule is Cc1cccc(OCCC(C)(C#N)NC2CC2)c1. The minimum atomic E-state index is -0.467. The maximum absolute atomic E-state index is 9.24. The molecule has 96 valence electrons. The predicted octanol–water partition coefficient (Wildman–Crippen LogP) is 2.80. The summed E-state index contributed by atoms with van der Waals surface area (Å²) in [6.07, 6.45) is 3.08. The number of hydrogen-bond acceptors (Lipinski definition) is 3. The standard InChI is InChI=1S/C15H20N2O/c1-12-4-3-5-14(10-12)18-9-8-15(2,11-16)17-13-6-7-13/h3-5,10,13,17H,6-9H2,1-2H3. The summed E-state index contributed by atoms with van der Waals surface area (Å²) in [5.74, 6) is 0.877. The van der Waals surface area contributed by atoms with Crippen LogP contribution in [-0.2, 0) is 0 Å². The molecule has 0 amide bonds. The molecule has 1 atom stereocenters. The van der Waals surface area contributed by atoms with Crippen LogP contribution in [0, 0.1) is 18.3 Å². The van der Waals surface area contributed by atoms with E-state index in [4.69, 9.17) is 4.74 Å². The lowest BCUT2D eigenvalue weighted by Crippen LogP contribution is -2.43. The number of nitrogens with zero attached hydrogens (tertiary/aromatic N) is 1. The predicted molar refractivity (Wildman–Crippen MR) is 71.5 cm³/mol. The van der Waals surface area contributed by atoms with Crippen LogP contribution in [0.1, 0.15) is 31.7 Å². The molecule has 1 fully saturated rings. The fraction of sp³-hybridized carbons (Fsp3) is 0.533. The zero-order valence-electron chi connectivity index (χ0n) is 11.1. The monoisotopic (exact) mass is 244 g/mol. The largest absolute Gasteiger partial charge is 0.493 e. The summed E-state index contributed by atoms with van der Waals surface area (Å²) in [6, 6.07) is 10.9. The number of ether oxygens (including phenoxy) is 1. The topological polar surface area (TPSA) is 45.0 Å². The Morgan fingerprint density at radius 3 is 2.89 bits per heavy atom. The molecule has 3 heteroatoms. The van der Waals surface area contributed by atoms with Crippen LogP contribution in [0.25, 0.3) is 0 Å². The molecule has 0 spiro atoms. The van der Waals surface area contributed by atoms with Gasteiger partial charge in [-0.2, -0.15) is 5.26 Å². The van der Waals surface area contributed by atoms with Gasteiger partial charge in [0.25, 0.3) is 0 Å². The van der Waals surface area contributed by atoms with Crippen molar-refractivity contribution in [2.24, 2.45) is 0 Å². The van der Waals surface area contributed by atoms with Crippen LogP contribution in [-0.4, -0.2) is 18.2 Å². The molecule has 1 aromatic carbocycles. The Balaban J connectivity index is 1.81. The molecule has 1 aromatic rings. The Labute approximate surface area is 109 Å². The highest BCUT2D eigenvalue weighted by Gasteiger charge is 2.32. The smallest absolute Gasteiger partial charge is 0.119 e. The van der Waals surface area contributed by atoms with E-state index < -0.39 is 5.54 Å². The van der Waals surface area contributed by atoms with E-state index in [0.717, 1.165) is 5.75 Å². The molecule has 1 saturated carbocycles. The molecule has 0 aromatic heterocycles. The van der Waals surface area contributed by atoms with Crippen LogP contribution in [0.5, 0.6) is 5.75 Å². The van der Waals surface area contributed by atoms with E-state index >= 15 is 0 Å². The van der Waals surface area contributed by atoms with E-state index in [2.05, 4.69) is 11.4 Å². The Hall–Kier alpha value is -1.53. The molecule has 0 radical (unpaired) electrons. The van der Waals surface area contributed by atoms with Gasteiger partial charge in [-0.25, -0.2) is 0 Å². The lowest BCUT2D eigenvalue weighted by molar-refractivity contribution is 0.266. The molecule has 2 rings (SSSR count). The van der Waals surface area contributed by atoms with E-state index in [1.165, 1.54) is 18.4 Å². The van der Waals surface area contributed by atoms with Gasteiger partial charge in [0.15, 0.2) is 0 Å². The molecule has 1 aliphatic rings. The number of benzene rings is 1. The Kier molecular flexibility index (Phi) is 3.88. The van der Waals surface area contributed by atoms with Crippen molar-refractivity contribution in [3.8, 4) is 11.8 Å². The van der Waals surface area contributed by atoms with Gasteiger partial charge in [-0.3, -0.25) is 5.32 Å². The third kappa shape index (κ3) is 3.75. The lowest BCUT2D eigenvalue weighted by Gasteiger charge is -2.23. The van der Waals surface area contributed by atoms with Gasteiger partial charge in [0.2, 0.25) is 0 Å². The summed E-state index contributed by atoms with van der Waals surface area (Å²) >= 11 is 0. The Morgan fingerprint density at radius 1 is 1.50 bits per heavy atom. The van der Waals surface area contributed by atoms with Gasteiger partial charge in [0.05, 0.1) is 12.7 Å². The van der Waals surface area contributed by atoms with Crippen LogP contribution in [0.15, 0.2) is 24.3 Å². The summed E-state index contributed by atoms with van der Waals surface area (Å²) in [7, 11) is 0. The zero-order valence-corrected chi connectivity index (χ0v) is 11.1. The van der Waals surface area contributed by atoms with Crippen LogP contribution in [0.3, 0.4) is 0 Å². The number of nitriles is 1. The van der Waals surface area contributed by atoms with Gasteiger partial charge in [0.1, 0.15) is 11.3 Å². The highest BCUT2D eigenvalue weighted by Crippen LogP contribution is 2.24. The second-order valence-corrected chi connectivity index (χ2v) is 5.28. The molecule has 1 unspecified atom stereocenters. The lowest BCUT2D eigenvalue weighted by atomic mass is 10.0. The van der Waals surface area contributed by atoms with Gasteiger partial charge in [-0.15, -0.1) is 0 Å². The summed E-state index contributed by atoms with van der Waals surface area (Å²) in [5.41, 5.74) is 0.719. The second kappa shape index (κ2) is 5.41. The van der Waals surface area contributed by atoms with Crippen molar-refractivity contribution < 1.29 is 4.74 Å². The van der Waals surface area contributed by atoms with E-state index in [-0.39, 0.29) is 0 Å². The highest BCUT2D eigenvalue weighted by molar-refractivity contribution is 5.27. The summed E-state index contributed by atoms with van der Waals surface area (Å²) < 4.78 is 5.70. The number of aryl methyl sites for hydroxylation is 1. The van der Waals surface area contributed by atoms with E-state index in [9.17, 15) is 5.26 Å². The van der Waals surface area contributed by atoms with Crippen molar-refractivity contribution >= 4 is 0 Å².